The van der Waals surface area contributed by atoms with Gasteiger partial charge in [0.2, 0.25) is 11.8 Å². The summed E-state index contributed by atoms with van der Waals surface area (Å²) in [5.74, 6) is 0.392. The number of benzene rings is 2. The maximum atomic E-state index is 14.1. The van der Waals surface area contributed by atoms with Crippen molar-refractivity contribution in [2.24, 2.45) is 0 Å². The second kappa shape index (κ2) is 22.1. The standard InChI is InChI=1S/C41H60N6O8/c1-5-35(39-43-38-32(4)11-9-12-33(38)41(50)47(39)30-37(48)46-18-24-51-25-19-46)44-14-20-52-26-28-54-22-16-45(17-23-55-29-27-53-21-15-44)36(6-2)40(49)42-34-13-8-7-10-31(34)3/h7-13,35-36H,5-6,14-30H2,1-4H3,(H,42,49). The lowest BCUT2D eigenvalue weighted by Gasteiger charge is -2.33. The molecule has 302 valence electrons. The third-order valence-electron chi connectivity index (χ3n) is 10.4. The third kappa shape index (κ3) is 11.9. The summed E-state index contributed by atoms with van der Waals surface area (Å²) < 4.78 is 31.2. The average Bonchev–Trinajstić information content (AvgIpc) is 3.19. The van der Waals surface area contributed by atoms with Gasteiger partial charge in [-0.15, -0.1) is 0 Å². The zero-order chi connectivity index (χ0) is 39.0. The lowest BCUT2D eigenvalue weighted by atomic mass is 10.1. The molecule has 2 fully saturated rings. The van der Waals surface area contributed by atoms with E-state index in [4.69, 9.17) is 28.7 Å². The molecule has 0 saturated carbocycles. The molecular formula is C41H60N6O8. The molecule has 1 aromatic heterocycles. The van der Waals surface area contributed by atoms with E-state index in [0.717, 1.165) is 16.8 Å². The molecule has 3 heterocycles. The molecule has 2 aliphatic rings. The number of aromatic nitrogens is 2. The summed E-state index contributed by atoms with van der Waals surface area (Å²) >= 11 is 0. The molecule has 1 N–H and O–H groups in total. The fraction of sp³-hybridized carbons (Fsp3) is 0.610. The molecule has 0 bridgehead atoms. The number of rotatable bonds is 9. The van der Waals surface area contributed by atoms with E-state index in [1.54, 1.807) is 15.5 Å². The fourth-order valence-electron chi connectivity index (χ4n) is 7.22. The minimum atomic E-state index is -0.336. The highest BCUT2D eigenvalue weighted by atomic mass is 16.5. The molecule has 2 amide bonds. The van der Waals surface area contributed by atoms with Gasteiger partial charge in [-0.25, -0.2) is 4.98 Å². The van der Waals surface area contributed by atoms with E-state index >= 15 is 0 Å². The second-order valence-corrected chi connectivity index (χ2v) is 14.0. The maximum Gasteiger partial charge on any atom is 0.261 e. The van der Waals surface area contributed by atoms with Crippen LogP contribution in [0.2, 0.25) is 0 Å². The molecule has 2 aliphatic heterocycles. The number of amides is 2. The highest BCUT2D eigenvalue weighted by Gasteiger charge is 2.28. The molecular weight excluding hydrogens is 704 g/mol. The van der Waals surface area contributed by atoms with Crippen LogP contribution in [-0.4, -0.2) is 147 Å². The number of aryl methyl sites for hydroxylation is 2. The van der Waals surface area contributed by atoms with Crippen LogP contribution in [0, 0.1) is 13.8 Å². The van der Waals surface area contributed by atoms with Gasteiger partial charge in [0.1, 0.15) is 12.4 Å². The maximum absolute atomic E-state index is 14.1. The number of hydrogen-bond acceptors (Lipinski definition) is 11. The van der Waals surface area contributed by atoms with E-state index in [1.807, 2.05) is 57.2 Å². The molecule has 0 radical (unpaired) electrons. The molecule has 14 heteroatoms. The van der Waals surface area contributed by atoms with Crippen molar-refractivity contribution in [2.75, 3.05) is 111 Å². The third-order valence-corrected chi connectivity index (χ3v) is 10.4. The number of anilines is 1. The quantitative estimate of drug-likeness (QED) is 0.344. The van der Waals surface area contributed by atoms with Crippen LogP contribution in [0.25, 0.3) is 10.9 Å². The summed E-state index contributed by atoms with van der Waals surface area (Å²) in [6.07, 6.45) is 1.30. The number of fused-ring (bicyclic) bond motifs is 1. The Morgan fingerprint density at radius 1 is 0.691 bits per heavy atom. The SMILES string of the molecule is CCC(C(=O)Nc1ccccc1C)N1CCOCCOCCN(C(CC)c2nc3c(C)cccc3c(=O)n2CC(=O)N2CCOCC2)CCOCCOCC1. The smallest absolute Gasteiger partial charge is 0.261 e. The van der Waals surface area contributed by atoms with Crippen molar-refractivity contribution in [3.05, 3.63) is 69.8 Å². The van der Waals surface area contributed by atoms with E-state index in [0.29, 0.717) is 135 Å². The minimum Gasteiger partial charge on any atom is -0.378 e. The number of carbonyl (C=O) groups excluding carboxylic acids is 2. The van der Waals surface area contributed by atoms with Gasteiger partial charge < -0.3 is 33.9 Å². The first-order valence-corrected chi connectivity index (χ1v) is 19.8. The highest BCUT2D eigenvalue weighted by Crippen LogP contribution is 2.25. The van der Waals surface area contributed by atoms with Crippen LogP contribution in [0.15, 0.2) is 47.3 Å². The van der Waals surface area contributed by atoms with Crippen molar-refractivity contribution < 1.29 is 33.3 Å². The van der Waals surface area contributed by atoms with Crippen molar-refractivity contribution in [2.45, 2.75) is 59.2 Å². The van der Waals surface area contributed by atoms with Gasteiger partial charge in [0.15, 0.2) is 0 Å². The van der Waals surface area contributed by atoms with Gasteiger partial charge in [-0.3, -0.25) is 28.8 Å². The van der Waals surface area contributed by atoms with Crippen LogP contribution in [0.3, 0.4) is 0 Å². The molecule has 55 heavy (non-hydrogen) atoms. The average molecular weight is 765 g/mol. The summed E-state index contributed by atoms with van der Waals surface area (Å²) in [5.41, 5.74) is 3.16. The van der Waals surface area contributed by atoms with Crippen molar-refractivity contribution in [3.63, 3.8) is 0 Å². The Balaban J connectivity index is 1.26. The van der Waals surface area contributed by atoms with Gasteiger partial charge in [0, 0.05) is 45.0 Å². The molecule has 5 rings (SSSR count). The highest BCUT2D eigenvalue weighted by molar-refractivity contribution is 5.95. The van der Waals surface area contributed by atoms with Crippen molar-refractivity contribution in [1.82, 2.24) is 24.3 Å². The van der Waals surface area contributed by atoms with Gasteiger partial charge in [-0.2, -0.15) is 0 Å². The number of hydrogen-bond donors (Lipinski definition) is 1. The topological polar surface area (TPSA) is 137 Å². The normalized spacial score (nSPS) is 19.3. The number of para-hydroxylation sites is 2. The molecule has 2 unspecified atom stereocenters. The van der Waals surface area contributed by atoms with Gasteiger partial charge in [-0.1, -0.05) is 44.2 Å². The van der Waals surface area contributed by atoms with Crippen LogP contribution in [-0.2, 0) is 39.8 Å². The summed E-state index contributed by atoms with van der Waals surface area (Å²) in [7, 11) is 0. The van der Waals surface area contributed by atoms with E-state index < -0.39 is 0 Å². The molecule has 0 spiro atoms. The van der Waals surface area contributed by atoms with Crippen LogP contribution in [0.4, 0.5) is 5.69 Å². The van der Waals surface area contributed by atoms with E-state index in [1.165, 1.54) is 0 Å². The van der Waals surface area contributed by atoms with Gasteiger partial charge in [0.05, 0.1) is 89.1 Å². The number of nitrogens with zero attached hydrogens (tertiary/aromatic N) is 5. The van der Waals surface area contributed by atoms with Crippen molar-refractivity contribution in [1.29, 1.82) is 0 Å². The first kappa shape index (κ1) is 42.4. The van der Waals surface area contributed by atoms with Gasteiger partial charge in [0.25, 0.3) is 5.56 Å². The molecule has 2 saturated heterocycles. The Morgan fingerprint density at radius 2 is 1.24 bits per heavy atom. The van der Waals surface area contributed by atoms with Crippen LogP contribution in [0.1, 0.15) is 49.7 Å². The first-order valence-electron chi connectivity index (χ1n) is 19.8. The zero-order valence-electron chi connectivity index (χ0n) is 33.1. The van der Waals surface area contributed by atoms with Crippen molar-refractivity contribution >= 4 is 28.4 Å². The summed E-state index contributed by atoms with van der Waals surface area (Å²) in [6.45, 7) is 15.5. The van der Waals surface area contributed by atoms with Crippen molar-refractivity contribution in [3.8, 4) is 0 Å². The lowest BCUT2D eigenvalue weighted by Crippen LogP contribution is -2.46. The zero-order valence-corrected chi connectivity index (χ0v) is 33.1. The number of carbonyl (C=O) groups is 2. The monoisotopic (exact) mass is 764 g/mol. The van der Waals surface area contributed by atoms with Crippen LogP contribution in [0.5, 0.6) is 0 Å². The molecule has 0 aliphatic carbocycles. The van der Waals surface area contributed by atoms with Crippen LogP contribution < -0.4 is 10.9 Å². The molecule has 3 aromatic rings. The Kier molecular flexibility index (Phi) is 17.0. The Labute approximate surface area is 325 Å². The van der Waals surface area contributed by atoms with Crippen LogP contribution >= 0.6 is 0 Å². The Bertz CT molecular complexity index is 1710. The number of morpholine rings is 1. The van der Waals surface area contributed by atoms with Gasteiger partial charge in [-0.05, 0) is 49.9 Å². The predicted octanol–water partition coefficient (Wildman–Crippen LogP) is 3.42. The summed E-state index contributed by atoms with van der Waals surface area (Å²) in [6, 6.07) is 12.8. The minimum absolute atomic E-state index is 0.0460. The first-order chi connectivity index (χ1) is 26.8. The number of nitrogens with one attached hydrogen (secondary N) is 1. The predicted molar refractivity (Wildman–Crippen MR) is 211 cm³/mol. The molecule has 2 atom stereocenters. The largest absolute Gasteiger partial charge is 0.378 e. The summed E-state index contributed by atoms with van der Waals surface area (Å²) in [4.78, 5) is 52.3. The summed E-state index contributed by atoms with van der Waals surface area (Å²) in [5, 5.41) is 3.61. The van der Waals surface area contributed by atoms with E-state index in [-0.39, 0.29) is 36.0 Å². The Morgan fingerprint density at radius 3 is 1.82 bits per heavy atom. The van der Waals surface area contributed by atoms with E-state index in [2.05, 4.69) is 22.0 Å². The number of ether oxygens (including phenoxy) is 5. The fourth-order valence-corrected chi connectivity index (χ4v) is 7.22. The Hall–Kier alpha value is -3.76. The molecule has 2 aromatic carbocycles. The molecule has 14 nitrogen and oxygen atoms in total. The second-order valence-electron chi connectivity index (χ2n) is 14.0. The van der Waals surface area contributed by atoms with E-state index in [9.17, 15) is 14.4 Å². The lowest BCUT2D eigenvalue weighted by molar-refractivity contribution is -0.136. The van der Waals surface area contributed by atoms with Gasteiger partial charge >= 0.3 is 0 Å².